The highest BCUT2D eigenvalue weighted by atomic mass is 32.2. The number of nitrogens with zero attached hydrogens (tertiary/aromatic N) is 2. The predicted octanol–water partition coefficient (Wildman–Crippen LogP) is 3.31. The van der Waals surface area contributed by atoms with E-state index in [9.17, 15) is 19.5 Å². The molecule has 3 aromatic rings. The lowest BCUT2D eigenvalue weighted by Crippen LogP contribution is -2.41. The van der Waals surface area contributed by atoms with Gasteiger partial charge in [0.15, 0.2) is 11.5 Å². The number of benzene rings is 2. The number of hydrogen-bond donors (Lipinski definition) is 2. The van der Waals surface area contributed by atoms with Gasteiger partial charge in [0, 0.05) is 17.7 Å². The van der Waals surface area contributed by atoms with Crippen LogP contribution in [-0.4, -0.2) is 57.4 Å². The molecule has 1 aliphatic carbocycles. The third-order valence-corrected chi connectivity index (χ3v) is 6.97. The third-order valence-electron chi connectivity index (χ3n) is 5.96. The highest BCUT2D eigenvalue weighted by Crippen LogP contribution is 2.44. The Labute approximate surface area is 199 Å². The molecule has 1 aromatic heterocycles. The maximum absolute atomic E-state index is 12.6. The first-order valence-electron chi connectivity index (χ1n) is 10.7. The topological polar surface area (TPSA) is 122 Å². The largest absolute Gasteiger partial charge is 0.480 e. The lowest BCUT2D eigenvalue weighted by molar-refractivity contribution is -0.140. The number of carboxylic acids is 1. The minimum atomic E-state index is -1.06. The summed E-state index contributed by atoms with van der Waals surface area (Å²) in [6, 6.07) is 16.7. The number of thioether (sulfide) groups is 1. The summed E-state index contributed by atoms with van der Waals surface area (Å²) >= 11 is 1.36. The summed E-state index contributed by atoms with van der Waals surface area (Å²) in [5.41, 5.74) is 4.53. The van der Waals surface area contributed by atoms with Crippen LogP contribution in [0, 0.1) is 0 Å². The van der Waals surface area contributed by atoms with Gasteiger partial charge in [-0.15, -0.1) is 11.8 Å². The number of aliphatic carboxylic acids is 1. The minimum absolute atomic E-state index is 0.00177. The summed E-state index contributed by atoms with van der Waals surface area (Å²) in [4.78, 5) is 37.5. The minimum Gasteiger partial charge on any atom is -0.480 e. The molecule has 9 nitrogen and oxygen atoms in total. The van der Waals surface area contributed by atoms with Gasteiger partial charge in [-0.1, -0.05) is 53.7 Å². The Bertz CT molecular complexity index is 1210. The van der Waals surface area contributed by atoms with E-state index in [4.69, 9.17) is 9.26 Å². The van der Waals surface area contributed by atoms with Crippen molar-refractivity contribution in [3.63, 3.8) is 0 Å². The number of carbonyl (C=O) groups excluding carboxylic acids is 2. The first kappa shape index (κ1) is 22.0. The highest BCUT2D eigenvalue weighted by molar-refractivity contribution is 7.99. The number of hydrogen-bond acceptors (Lipinski definition) is 7. The molecule has 1 atom stereocenters. The van der Waals surface area contributed by atoms with Gasteiger partial charge >= 0.3 is 12.1 Å². The van der Waals surface area contributed by atoms with Gasteiger partial charge in [0.1, 0.15) is 12.6 Å². The standard InChI is InChI=1S/C24H21N3O6S/c28-22(27-13-34-12-21(27)23(29)30)20-9-14(33-26-20)10-25-24(31)32-11-19-17-7-3-1-5-15(17)16-6-2-4-8-18(16)19/h1-9,19,21H,10-13H2,(H,25,31)(H,29,30)/t21-/m0/s1. The SMILES string of the molecule is O=C(NCc1cc(C(=O)N2CSC[C@H]2C(=O)O)no1)OCC1c2ccccc2-c2ccccc21. The highest BCUT2D eigenvalue weighted by Gasteiger charge is 2.36. The van der Waals surface area contributed by atoms with Crippen LogP contribution < -0.4 is 5.32 Å². The molecule has 174 valence electrons. The summed E-state index contributed by atoms with van der Waals surface area (Å²) in [7, 11) is 0. The monoisotopic (exact) mass is 479 g/mol. The van der Waals surface area contributed by atoms with Crippen molar-refractivity contribution >= 4 is 29.7 Å². The average molecular weight is 480 g/mol. The van der Waals surface area contributed by atoms with Crippen LogP contribution in [0.5, 0.6) is 0 Å². The molecule has 0 spiro atoms. The fraction of sp³-hybridized carbons (Fsp3) is 0.250. The summed E-state index contributed by atoms with van der Waals surface area (Å²) < 4.78 is 10.6. The Morgan fingerprint density at radius 3 is 2.47 bits per heavy atom. The van der Waals surface area contributed by atoms with Gasteiger partial charge < -0.3 is 24.6 Å². The molecule has 1 saturated heterocycles. The maximum Gasteiger partial charge on any atom is 0.407 e. The van der Waals surface area contributed by atoms with Crippen molar-refractivity contribution in [2.45, 2.75) is 18.5 Å². The van der Waals surface area contributed by atoms with Crippen molar-refractivity contribution in [2.75, 3.05) is 18.2 Å². The van der Waals surface area contributed by atoms with Crippen molar-refractivity contribution in [1.29, 1.82) is 0 Å². The number of nitrogens with one attached hydrogen (secondary N) is 1. The van der Waals surface area contributed by atoms with E-state index in [0.717, 1.165) is 22.3 Å². The summed E-state index contributed by atoms with van der Waals surface area (Å²) in [6.07, 6.45) is -0.618. The Morgan fingerprint density at radius 1 is 1.12 bits per heavy atom. The number of ether oxygens (including phenoxy) is 1. The molecule has 2 aromatic carbocycles. The van der Waals surface area contributed by atoms with Gasteiger partial charge in [0.2, 0.25) is 0 Å². The van der Waals surface area contributed by atoms with Crippen LogP contribution >= 0.6 is 11.8 Å². The zero-order chi connectivity index (χ0) is 23.7. The second kappa shape index (κ2) is 9.22. The van der Waals surface area contributed by atoms with E-state index in [2.05, 4.69) is 22.6 Å². The van der Waals surface area contributed by atoms with Gasteiger partial charge in [-0.25, -0.2) is 9.59 Å². The van der Waals surface area contributed by atoms with Crippen molar-refractivity contribution in [1.82, 2.24) is 15.4 Å². The second-order valence-electron chi connectivity index (χ2n) is 7.99. The summed E-state index contributed by atoms with van der Waals surface area (Å²) in [5.74, 6) is -0.762. The Morgan fingerprint density at radius 2 is 1.79 bits per heavy atom. The van der Waals surface area contributed by atoms with Crippen LogP contribution in [-0.2, 0) is 16.1 Å². The summed E-state index contributed by atoms with van der Waals surface area (Å²) in [5, 5.41) is 15.6. The molecule has 2 amide bonds. The van der Waals surface area contributed by atoms with E-state index in [1.807, 2.05) is 36.4 Å². The third kappa shape index (κ3) is 4.12. The lowest BCUT2D eigenvalue weighted by Gasteiger charge is -2.18. The molecule has 1 fully saturated rings. The Kier molecular flexibility index (Phi) is 5.97. The lowest BCUT2D eigenvalue weighted by atomic mass is 9.98. The van der Waals surface area contributed by atoms with Crippen LogP contribution in [0.25, 0.3) is 11.1 Å². The van der Waals surface area contributed by atoms with E-state index < -0.39 is 24.0 Å². The zero-order valence-electron chi connectivity index (χ0n) is 18.0. The van der Waals surface area contributed by atoms with Crippen molar-refractivity contribution in [2.24, 2.45) is 0 Å². The van der Waals surface area contributed by atoms with Crippen LogP contribution in [0.1, 0.15) is 33.3 Å². The molecule has 34 heavy (non-hydrogen) atoms. The van der Waals surface area contributed by atoms with E-state index in [0.29, 0.717) is 5.75 Å². The zero-order valence-corrected chi connectivity index (χ0v) is 18.8. The summed E-state index contributed by atoms with van der Waals surface area (Å²) in [6.45, 7) is 0.164. The molecule has 10 heteroatoms. The second-order valence-corrected chi connectivity index (χ2v) is 8.99. The van der Waals surface area contributed by atoms with E-state index in [-0.39, 0.29) is 36.4 Å². The number of rotatable bonds is 6. The van der Waals surface area contributed by atoms with E-state index in [1.165, 1.54) is 22.7 Å². The van der Waals surface area contributed by atoms with Gasteiger partial charge in [-0.05, 0) is 22.3 Å². The normalized spacial score (nSPS) is 16.7. The number of alkyl carbamates (subject to hydrolysis) is 1. The molecule has 2 N–H and O–H groups in total. The average Bonchev–Trinajstić information content (AvgIpc) is 3.59. The van der Waals surface area contributed by atoms with Crippen molar-refractivity contribution in [3.8, 4) is 11.1 Å². The maximum atomic E-state index is 12.6. The molecular formula is C24H21N3O6S. The molecule has 2 heterocycles. The van der Waals surface area contributed by atoms with Crippen LogP contribution in [0.4, 0.5) is 4.79 Å². The fourth-order valence-corrected chi connectivity index (χ4v) is 5.45. The molecule has 5 rings (SSSR count). The van der Waals surface area contributed by atoms with Crippen molar-refractivity contribution < 1.29 is 28.8 Å². The van der Waals surface area contributed by atoms with Crippen LogP contribution in [0.15, 0.2) is 59.1 Å². The molecule has 2 aliphatic rings. The quantitative estimate of drug-likeness (QED) is 0.552. The number of aromatic nitrogens is 1. The number of fused-ring (bicyclic) bond motifs is 3. The molecule has 0 unspecified atom stereocenters. The Balaban J connectivity index is 1.17. The molecule has 1 aliphatic heterocycles. The van der Waals surface area contributed by atoms with Gasteiger partial charge in [-0.3, -0.25) is 4.79 Å². The van der Waals surface area contributed by atoms with E-state index >= 15 is 0 Å². The first-order valence-corrected chi connectivity index (χ1v) is 11.8. The molecule has 0 radical (unpaired) electrons. The van der Waals surface area contributed by atoms with Gasteiger partial charge in [0.05, 0.1) is 12.4 Å². The first-order chi connectivity index (χ1) is 16.5. The smallest absolute Gasteiger partial charge is 0.407 e. The van der Waals surface area contributed by atoms with Gasteiger partial charge in [0.25, 0.3) is 5.91 Å². The Hall–Kier alpha value is -3.79. The molecular weight excluding hydrogens is 458 g/mol. The van der Waals surface area contributed by atoms with Crippen molar-refractivity contribution in [3.05, 3.63) is 77.2 Å². The molecule has 0 bridgehead atoms. The number of amides is 2. The number of carboxylic acid groups (broad SMARTS) is 1. The molecule has 0 saturated carbocycles. The fourth-order valence-electron chi connectivity index (χ4n) is 4.30. The predicted molar refractivity (Wildman–Crippen MR) is 123 cm³/mol. The van der Waals surface area contributed by atoms with Gasteiger partial charge in [-0.2, -0.15) is 0 Å². The van der Waals surface area contributed by atoms with Crippen LogP contribution in [0.2, 0.25) is 0 Å². The van der Waals surface area contributed by atoms with E-state index in [1.54, 1.807) is 0 Å². The number of carbonyl (C=O) groups is 3. The van der Waals surface area contributed by atoms with Crippen LogP contribution in [0.3, 0.4) is 0 Å².